The first-order valence-electron chi connectivity index (χ1n) is 6.94. The summed E-state index contributed by atoms with van der Waals surface area (Å²) in [7, 11) is -2.11. The van der Waals surface area contributed by atoms with Crippen molar-refractivity contribution in [3.63, 3.8) is 0 Å². The highest BCUT2D eigenvalue weighted by Crippen LogP contribution is 2.34. The van der Waals surface area contributed by atoms with E-state index in [9.17, 15) is 17.9 Å². The normalized spacial score (nSPS) is 13.2. The number of pyridine rings is 1. The van der Waals surface area contributed by atoms with E-state index in [4.69, 9.17) is 16.3 Å². The molecule has 2 heterocycles. The molecular weight excluding hydrogens is 363 g/mol. The number of sulfone groups is 1. The monoisotopic (exact) mass is 378 g/mol. The number of hydrogen-bond donors (Lipinski definition) is 2. The predicted octanol–water partition coefficient (Wildman–Crippen LogP) is 1.30. The third-order valence-corrected chi connectivity index (χ3v) is 4.42. The van der Waals surface area contributed by atoms with Gasteiger partial charge in [0.1, 0.15) is 17.5 Å². The minimum Gasteiger partial charge on any atom is -0.493 e. The number of nitrogens with zero attached hydrogens (tertiary/aromatic N) is 3. The fourth-order valence-corrected chi connectivity index (χ4v) is 2.61. The van der Waals surface area contributed by atoms with Crippen molar-refractivity contribution in [2.75, 3.05) is 19.9 Å². The van der Waals surface area contributed by atoms with Crippen molar-refractivity contribution in [2.24, 2.45) is 0 Å². The van der Waals surface area contributed by atoms with Crippen LogP contribution in [0.5, 0.6) is 11.8 Å². The number of hydrogen-bond acceptors (Lipinski definition) is 8. The van der Waals surface area contributed by atoms with Gasteiger partial charge in [-0.25, -0.2) is 17.8 Å². The first-order valence-corrected chi connectivity index (χ1v) is 9.21. The van der Waals surface area contributed by atoms with E-state index in [-0.39, 0.29) is 23.9 Å². The second-order valence-electron chi connectivity index (χ2n) is 5.05. The Morgan fingerprint density at radius 1 is 1.38 bits per heavy atom. The molecule has 0 spiro atoms. The molecule has 0 unspecified atom stereocenters. The van der Waals surface area contributed by atoms with Crippen molar-refractivity contribution in [2.45, 2.75) is 24.5 Å². The molecule has 8 nitrogen and oxygen atoms in total. The number of nitrogens with one attached hydrogen (secondary N) is 1. The van der Waals surface area contributed by atoms with Gasteiger partial charge in [-0.3, -0.25) is 0 Å². The summed E-state index contributed by atoms with van der Waals surface area (Å²) in [6.07, 6.45) is 1.59. The lowest BCUT2D eigenvalue weighted by molar-refractivity contribution is 0.260. The highest BCUT2D eigenvalue weighted by molar-refractivity contribution is 7.90. The maximum absolute atomic E-state index is 14.2. The Morgan fingerprint density at radius 2 is 2.04 bits per heavy atom. The van der Waals surface area contributed by atoms with Gasteiger partial charge in [-0.2, -0.15) is 9.97 Å². The first kappa shape index (κ1) is 18.6. The van der Waals surface area contributed by atoms with Gasteiger partial charge in [-0.1, -0.05) is 18.5 Å². The molecule has 11 heteroatoms. The highest BCUT2D eigenvalue weighted by Gasteiger charge is 2.24. The lowest BCUT2D eigenvalue weighted by Crippen LogP contribution is -2.31. The van der Waals surface area contributed by atoms with Crippen molar-refractivity contribution in [3.05, 3.63) is 11.0 Å². The van der Waals surface area contributed by atoms with Crippen LogP contribution < -0.4 is 10.1 Å². The Kier molecular flexibility index (Phi) is 5.41. The third-order valence-electron chi connectivity index (χ3n) is 3.33. The quantitative estimate of drug-likeness (QED) is 0.571. The van der Waals surface area contributed by atoms with E-state index in [1.165, 1.54) is 0 Å². The van der Waals surface area contributed by atoms with Crippen LogP contribution in [-0.4, -0.2) is 54.4 Å². The molecule has 0 saturated carbocycles. The Bertz CT molecular complexity index is 874. The number of fused-ring (bicyclic) bond motifs is 1. The summed E-state index contributed by atoms with van der Waals surface area (Å²) in [4.78, 5) is 10.9. The molecule has 0 aliphatic carbocycles. The largest absolute Gasteiger partial charge is 0.493 e. The zero-order chi connectivity index (χ0) is 18.1. The average Bonchev–Trinajstić information content (AvgIpc) is 2.51. The second-order valence-corrected chi connectivity index (χ2v) is 7.32. The van der Waals surface area contributed by atoms with Gasteiger partial charge >= 0.3 is 0 Å². The van der Waals surface area contributed by atoms with Crippen molar-refractivity contribution < 1.29 is 22.7 Å². The van der Waals surface area contributed by atoms with E-state index in [2.05, 4.69) is 20.3 Å². The fraction of sp³-hybridized carbons (Fsp3) is 0.462. The van der Waals surface area contributed by atoms with Gasteiger partial charge in [0.25, 0.3) is 5.16 Å². The number of ether oxygens (including phenoxy) is 1. The standard InChI is InChI=1S/C13H16ClFN4O4S/c1-4-6(16-2)5-23-12-7-9(8(15)10(14)18-12)17-13(19-11(7)20)24(3,21)22/h6,16H,4-5H2,1-3H3,(H,17,19,20)/t6-/m0/s1. The van der Waals surface area contributed by atoms with Gasteiger partial charge in [0.2, 0.25) is 21.6 Å². The van der Waals surface area contributed by atoms with E-state index in [1.54, 1.807) is 7.05 Å². The number of aromatic hydroxyl groups is 1. The van der Waals surface area contributed by atoms with Crippen LogP contribution in [0.3, 0.4) is 0 Å². The molecule has 0 radical (unpaired) electrons. The molecule has 2 aromatic heterocycles. The van der Waals surface area contributed by atoms with Crippen molar-refractivity contribution in [1.82, 2.24) is 20.3 Å². The molecule has 2 rings (SSSR count). The SMILES string of the molecule is CC[C@@H](COc1nc(Cl)c(F)c2nc(S(C)(=O)=O)nc(O)c12)NC. The number of rotatable bonds is 6. The van der Waals surface area contributed by atoms with E-state index in [0.717, 1.165) is 12.7 Å². The van der Waals surface area contributed by atoms with Crippen LogP contribution >= 0.6 is 11.6 Å². The zero-order valence-corrected chi connectivity index (χ0v) is 14.7. The minimum atomic E-state index is -3.86. The molecule has 24 heavy (non-hydrogen) atoms. The van der Waals surface area contributed by atoms with Gasteiger partial charge in [-0.05, 0) is 13.5 Å². The number of halogens is 2. The predicted molar refractivity (Wildman–Crippen MR) is 85.7 cm³/mol. The highest BCUT2D eigenvalue weighted by atomic mass is 35.5. The van der Waals surface area contributed by atoms with Crippen LogP contribution in [0, 0.1) is 5.82 Å². The van der Waals surface area contributed by atoms with Crippen LogP contribution in [0.1, 0.15) is 13.3 Å². The summed E-state index contributed by atoms with van der Waals surface area (Å²) in [6.45, 7) is 2.11. The Labute approximate surface area is 143 Å². The summed E-state index contributed by atoms with van der Waals surface area (Å²) in [6, 6.07) is -0.0102. The molecule has 0 aliphatic rings. The van der Waals surface area contributed by atoms with Gasteiger partial charge in [0.15, 0.2) is 11.0 Å². The molecule has 2 N–H and O–H groups in total. The van der Waals surface area contributed by atoms with Gasteiger partial charge in [0, 0.05) is 12.3 Å². The lowest BCUT2D eigenvalue weighted by atomic mass is 10.2. The summed E-state index contributed by atoms with van der Waals surface area (Å²) in [5.74, 6) is -2.00. The van der Waals surface area contributed by atoms with E-state index >= 15 is 0 Å². The number of aromatic nitrogens is 3. The molecule has 1 atom stereocenters. The Hall–Kier alpha value is -1.78. The molecule has 132 valence electrons. The van der Waals surface area contributed by atoms with Crippen LogP contribution in [-0.2, 0) is 9.84 Å². The molecule has 2 aromatic rings. The third kappa shape index (κ3) is 3.65. The van der Waals surface area contributed by atoms with Gasteiger partial charge in [0.05, 0.1) is 0 Å². The molecule has 0 bridgehead atoms. The van der Waals surface area contributed by atoms with Crippen LogP contribution in [0.4, 0.5) is 4.39 Å². The fourth-order valence-electron chi connectivity index (χ4n) is 1.93. The maximum Gasteiger partial charge on any atom is 0.250 e. The van der Waals surface area contributed by atoms with Crippen molar-refractivity contribution >= 4 is 32.3 Å². The molecule has 0 aliphatic heterocycles. The van der Waals surface area contributed by atoms with E-state index in [1.807, 2.05) is 6.92 Å². The summed E-state index contributed by atoms with van der Waals surface area (Å²) in [5.41, 5.74) is -0.476. The van der Waals surface area contributed by atoms with Crippen molar-refractivity contribution in [1.29, 1.82) is 0 Å². The van der Waals surface area contributed by atoms with Crippen LogP contribution in [0.2, 0.25) is 5.15 Å². The molecule has 0 fully saturated rings. The molecular formula is C13H16ClFN4O4S. The summed E-state index contributed by atoms with van der Waals surface area (Å²) >= 11 is 5.72. The Balaban J connectivity index is 2.63. The zero-order valence-electron chi connectivity index (χ0n) is 13.2. The van der Waals surface area contributed by atoms with Gasteiger partial charge < -0.3 is 15.2 Å². The smallest absolute Gasteiger partial charge is 0.250 e. The van der Waals surface area contributed by atoms with Gasteiger partial charge in [-0.15, -0.1) is 0 Å². The van der Waals surface area contributed by atoms with Crippen LogP contribution in [0.15, 0.2) is 5.16 Å². The minimum absolute atomic E-state index is 0.0102. The van der Waals surface area contributed by atoms with E-state index in [0.29, 0.717) is 0 Å². The lowest BCUT2D eigenvalue weighted by Gasteiger charge is -2.16. The van der Waals surface area contributed by atoms with Crippen LogP contribution in [0.25, 0.3) is 10.9 Å². The average molecular weight is 379 g/mol. The molecule has 0 amide bonds. The summed E-state index contributed by atoms with van der Waals surface area (Å²) in [5, 5.41) is 11.5. The number of likely N-dealkylation sites (N-methyl/N-ethyl adjacent to an activating group) is 1. The topological polar surface area (TPSA) is 114 Å². The van der Waals surface area contributed by atoms with E-state index < -0.39 is 37.4 Å². The Morgan fingerprint density at radius 3 is 2.58 bits per heavy atom. The summed E-state index contributed by atoms with van der Waals surface area (Å²) < 4.78 is 42.8. The molecule has 0 saturated heterocycles. The second kappa shape index (κ2) is 6.99. The first-order chi connectivity index (χ1) is 11.2. The molecule has 0 aromatic carbocycles. The maximum atomic E-state index is 14.2. The van der Waals surface area contributed by atoms with Crippen molar-refractivity contribution in [3.8, 4) is 11.8 Å².